The Kier molecular flexibility index (Phi) is 5.32. The zero-order valence-corrected chi connectivity index (χ0v) is 16.2. The van der Waals surface area contributed by atoms with Gasteiger partial charge in [0.1, 0.15) is 5.51 Å². The SMILES string of the molecule is CCn1c2ccc(C(C)=O)cc2c2cc(C(C)=O)ccc21.Nc1nncs1. The largest absolute Gasteiger partial charge is 0.374 e. The standard InChI is InChI=1S/C18H17NO2.C2H3N3S/c1-4-19-17-7-5-13(11(2)20)9-15(17)16-10-14(12(3)21)6-8-18(16)19;3-2-5-4-1-6-2/h5-10H,4H2,1-3H3;1H,(H2,3,5). The smallest absolute Gasteiger partial charge is 0.202 e. The first-order chi connectivity index (χ1) is 12.9. The third-order valence-corrected chi connectivity index (χ3v) is 4.89. The maximum absolute atomic E-state index is 11.6. The Morgan fingerprint density at radius 1 is 1.00 bits per heavy atom. The Bertz CT molecular complexity index is 1060. The molecule has 2 N–H and O–H groups in total. The quantitative estimate of drug-likeness (QED) is 0.534. The number of anilines is 1. The van der Waals surface area contributed by atoms with E-state index in [1.54, 1.807) is 19.4 Å². The number of Topliss-reactive ketones (excluding diaryl/α,β-unsaturated/α-hetero) is 2. The topological polar surface area (TPSA) is 90.9 Å². The molecule has 0 aliphatic carbocycles. The molecule has 0 aliphatic rings. The summed E-state index contributed by atoms with van der Waals surface area (Å²) in [5.41, 5.74) is 10.3. The number of aryl methyl sites for hydroxylation is 1. The van der Waals surface area contributed by atoms with Gasteiger partial charge in [0.15, 0.2) is 11.6 Å². The molecule has 27 heavy (non-hydrogen) atoms. The van der Waals surface area contributed by atoms with E-state index >= 15 is 0 Å². The molecule has 2 aromatic carbocycles. The Balaban J connectivity index is 0.000000299. The van der Waals surface area contributed by atoms with Gasteiger partial charge in [0.2, 0.25) is 5.13 Å². The van der Waals surface area contributed by atoms with Crippen LogP contribution in [0.4, 0.5) is 5.13 Å². The van der Waals surface area contributed by atoms with Crippen molar-refractivity contribution in [1.82, 2.24) is 14.8 Å². The molecule has 0 radical (unpaired) electrons. The van der Waals surface area contributed by atoms with Crippen molar-refractivity contribution < 1.29 is 9.59 Å². The number of nitrogens with zero attached hydrogens (tertiary/aromatic N) is 3. The van der Waals surface area contributed by atoms with Crippen LogP contribution in [-0.2, 0) is 6.54 Å². The number of nitrogens with two attached hydrogens (primary N) is 1. The van der Waals surface area contributed by atoms with Crippen molar-refractivity contribution in [3.63, 3.8) is 0 Å². The summed E-state index contributed by atoms with van der Waals surface area (Å²) in [5, 5.41) is 9.51. The number of benzene rings is 2. The van der Waals surface area contributed by atoms with E-state index in [4.69, 9.17) is 5.73 Å². The highest BCUT2D eigenvalue weighted by molar-refractivity contribution is 7.13. The Hall–Kier alpha value is -3.06. The summed E-state index contributed by atoms with van der Waals surface area (Å²) in [6, 6.07) is 11.6. The maximum atomic E-state index is 11.6. The first-order valence-corrected chi connectivity index (χ1v) is 9.39. The van der Waals surface area contributed by atoms with Crippen LogP contribution in [0.1, 0.15) is 41.5 Å². The normalized spacial score (nSPS) is 10.6. The molecule has 0 aliphatic heterocycles. The van der Waals surface area contributed by atoms with Crippen LogP contribution in [0.2, 0.25) is 0 Å². The number of nitrogen functional groups attached to an aromatic ring is 1. The summed E-state index contributed by atoms with van der Waals surface area (Å²) in [6.07, 6.45) is 0. The van der Waals surface area contributed by atoms with Crippen LogP contribution < -0.4 is 5.73 Å². The van der Waals surface area contributed by atoms with Gasteiger partial charge in [-0.2, -0.15) is 0 Å². The van der Waals surface area contributed by atoms with E-state index < -0.39 is 0 Å². The molecule has 0 bridgehead atoms. The van der Waals surface area contributed by atoms with E-state index in [-0.39, 0.29) is 11.6 Å². The third-order valence-electron chi connectivity index (χ3n) is 4.37. The van der Waals surface area contributed by atoms with Crippen molar-refractivity contribution in [3.05, 3.63) is 53.0 Å². The van der Waals surface area contributed by atoms with E-state index in [0.29, 0.717) is 16.3 Å². The van der Waals surface area contributed by atoms with E-state index in [9.17, 15) is 9.59 Å². The highest BCUT2D eigenvalue weighted by atomic mass is 32.1. The van der Waals surface area contributed by atoms with E-state index in [1.807, 2.05) is 36.4 Å². The van der Waals surface area contributed by atoms with E-state index in [2.05, 4.69) is 21.7 Å². The van der Waals surface area contributed by atoms with Gasteiger partial charge in [-0.3, -0.25) is 9.59 Å². The highest BCUT2D eigenvalue weighted by Crippen LogP contribution is 2.30. The summed E-state index contributed by atoms with van der Waals surface area (Å²) in [5.74, 6) is 0.106. The highest BCUT2D eigenvalue weighted by Gasteiger charge is 2.13. The van der Waals surface area contributed by atoms with Crippen LogP contribution in [0.3, 0.4) is 0 Å². The van der Waals surface area contributed by atoms with Crippen LogP contribution >= 0.6 is 11.3 Å². The van der Waals surface area contributed by atoms with Gasteiger partial charge >= 0.3 is 0 Å². The minimum absolute atomic E-state index is 0.0528. The lowest BCUT2D eigenvalue weighted by atomic mass is 10.0. The number of hydrogen-bond donors (Lipinski definition) is 1. The molecule has 4 aromatic rings. The lowest BCUT2D eigenvalue weighted by molar-refractivity contribution is 0.100. The van der Waals surface area contributed by atoms with Gasteiger partial charge in [0.25, 0.3) is 0 Å². The molecule has 2 heterocycles. The van der Waals surface area contributed by atoms with Crippen molar-refractivity contribution in [3.8, 4) is 0 Å². The van der Waals surface area contributed by atoms with Crippen molar-refractivity contribution >= 4 is 49.8 Å². The Labute approximate surface area is 160 Å². The monoisotopic (exact) mass is 380 g/mol. The van der Waals surface area contributed by atoms with Crippen LogP contribution in [0.5, 0.6) is 0 Å². The van der Waals surface area contributed by atoms with Gasteiger partial charge in [0.05, 0.1) is 0 Å². The number of fused-ring (bicyclic) bond motifs is 3. The minimum Gasteiger partial charge on any atom is -0.374 e. The lowest BCUT2D eigenvalue weighted by Gasteiger charge is -2.03. The van der Waals surface area contributed by atoms with Crippen LogP contribution in [0.25, 0.3) is 21.8 Å². The second-order valence-corrected chi connectivity index (χ2v) is 6.96. The van der Waals surface area contributed by atoms with Crippen molar-refractivity contribution in [2.45, 2.75) is 27.3 Å². The summed E-state index contributed by atoms with van der Waals surface area (Å²) in [7, 11) is 0. The Morgan fingerprint density at radius 2 is 1.52 bits per heavy atom. The summed E-state index contributed by atoms with van der Waals surface area (Å²) >= 11 is 1.33. The maximum Gasteiger partial charge on any atom is 0.202 e. The molecule has 2 aromatic heterocycles. The predicted octanol–water partition coefficient (Wildman–Crippen LogP) is 4.34. The number of hydrogen-bond acceptors (Lipinski definition) is 6. The zero-order valence-electron chi connectivity index (χ0n) is 15.4. The van der Waals surface area contributed by atoms with Gasteiger partial charge < -0.3 is 10.3 Å². The predicted molar refractivity (Wildman–Crippen MR) is 109 cm³/mol. The second-order valence-electron chi connectivity index (χ2n) is 6.10. The second kappa shape index (κ2) is 7.67. The molecule has 0 amide bonds. The molecular formula is C20H20N4O2S. The van der Waals surface area contributed by atoms with Crippen molar-refractivity contribution in [1.29, 1.82) is 0 Å². The van der Waals surface area contributed by atoms with Crippen molar-refractivity contribution in [2.75, 3.05) is 5.73 Å². The number of carbonyl (C=O) groups is 2. The van der Waals surface area contributed by atoms with Gasteiger partial charge in [0, 0.05) is 39.5 Å². The fraction of sp³-hybridized carbons (Fsp3) is 0.200. The van der Waals surface area contributed by atoms with Gasteiger partial charge in [-0.1, -0.05) is 11.3 Å². The van der Waals surface area contributed by atoms with Crippen molar-refractivity contribution in [2.24, 2.45) is 0 Å². The fourth-order valence-electron chi connectivity index (χ4n) is 3.06. The van der Waals surface area contributed by atoms with Gasteiger partial charge in [-0.05, 0) is 57.2 Å². The summed E-state index contributed by atoms with van der Waals surface area (Å²) in [6.45, 7) is 6.08. The molecule has 0 fully saturated rings. The molecule has 7 heteroatoms. The third kappa shape index (κ3) is 3.73. The molecule has 0 saturated carbocycles. The fourth-order valence-corrected chi connectivity index (χ4v) is 3.36. The van der Waals surface area contributed by atoms with Gasteiger partial charge in [-0.25, -0.2) is 0 Å². The number of carbonyl (C=O) groups excluding carboxylic acids is 2. The molecular weight excluding hydrogens is 360 g/mol. The van der Waals surface area contributed by atoms with Crippen LogP contribution in [-0.4, -0.2) is 26.3 Å². The molecule has 0 atom stereocenters. The number of rotatable bonds is 3. The molecule has 138 valence electrons. The zero-order chi connectivity index (χ0) is 19.6. The average molecular weight is 380 g/mol. The minimum atomic E-state index is 0.0528. The summed E-state index contributed by atoms with van der Waals surface area (Å²) < 4.78 is 2.21. The molecule has 4 rings (SSSR count). The van der Waals surface area contributed by atoms with Crippen LogP contribution in [0, 0.1) is 0 Å². The average Bonchev–Trinajstić information content (AvgIpc) is 3.25. The lowest BCUT2D eigenvalue weighted by Crippen LogP contribution is -1.95. The first kappa shape index (κ1) is 18.7. The number of aromatic nitrogens is 3. The molecule has 6 nitrogen and oxygen atoms in total. The molecule has 0 spiro atoms. The number of ketones is 2. The Morgan fingerprint density at radius 3 is 1.81 bits per heavy atom. The van der Waals surface area contributed by atoms with Crippen LogP contribution in [0.15, 0.2) is 41.9 Å². The van der Waals surface area contributed by atoms with E-state index in [0.717, 1.165) is 28.4 Å². The first-order valence-electron chi connectivity index (χ1n) is 8.52. The molecule has 0 saturated heterocycles. The summed E-state index contributed by atoms with van der Waals surface area (Å²) in [4.78, 5) is 23.2. The van der Waals surface area contributed by atoms with E-state index in [1.165, 1.54) is 11.3 Å². The van der Waals surface area contributed by atoms with Gasteiger partial charge in [-0.15, -0.1) is 10.2 Å². The molecule has 0 unspecified atom stereocenters.